The molecule has 0 amide bonds. The summed E-state index contributed by atoms with van der Waals surface area (Å²) < 4.78 is 6.94. The third kappa shape index (κ3) is 2.25. The number of carbonyl (C=O) groups is 1. The number of nitrogens with zero attached hydrogens (tertiary/aromatic N) is 4. The highest BCUT2D eigenvalue weighted by atomic mass is 16.5. The Hall–Kier alpha value is -1.43. The van der Waals surface area contributed by atoms with Gasteiger partial charge in [-0.25, -0.2) is 4.98 Å². The molecule has 6 nitrogen and oxygen atoms in total. The smallest absolute Gasteiger partial charge is 0.323 e. The molecular formula is C12H18N4O2. The maximum atomic E-state index is 11.7. The van der Waals surface area contributed by atoms with Crippen molar-refractivity contribution in [2.45, 2.75) is 44.3 Å². The fourth-order valence-electron chi connectivity index (χ4n) is 2.96. The zero-order valence-electron chi connectivity index (χ0n) is 10.4. The number of hydrogen-bond donors (Lipinski definition) is 0. The Balaban J connectivity index is 1.71. The van der Waals surface area contributed by atoms with E-state index < -0.39 is 0 Å². The number of piperidine rings is 1. The molecule has 1 aromatic rings. The predicted octanol–water partition coefficient (Wildman–Crippen LogP) is 0.448. The van der Waals surface area contributed by atoms with Gasteiger partial charge in [-0.05, 0) is 19.4 Å². The van der Waals surface area contributed by atoms with Crippen LogP contribution in [0.25, 0.3) is 0 Å². The number of likely N-dealkylation sites (tertiary alicyclic amines) is 1. The van der Waals surface area contributed by atoms with E-state index in [1.165, 1.54) is 6.42 Å². The standard InChI is InChI=1S/C12H18N4O2/c17-12-11(4-6-18-12)16-5-2-1-3-10(16)7-15-9-13-8-14-15/h8-11H,1-7H2/t10-,11+/m0/s1. The van der Waals surface area contributed by atoms with Crippen molar-refractivity contribution in [2.24, 2.45) is 0 Å². The summed E-state index contributed by atoms with van der Waals surface area (Å²) in [6.07, 6.45) is 7.61. The second-order valence-corrected chi connectivity index (χ2v) is 4.98. The summed E-state index contributed by atoms with van der Waals surface area (Å²) in [6, 6.07) is 0.329. The van der Waals surface area contributed by atoms with Gasteiger partial charge in [0.2, 0.25) is 0 Å². The largest absolute Gasteiger partial charge is 0.464 e. The first-order chi connectivity index (χ1) is 8.84. The molecule has 1 aromatic heterocycles. The van der Waals surface area contributed by atoms with E-state index in [9.17, 15) is 4.79 Å². The van der Waals surface area contributed by atoms with Crippen LogP contribution in [0.4, 0.5) is 0 Å². The van der Waals surface area contributed by atoms with Crippen LogP contribution in [0.3, 0.4) is 0 Å². The van der Waals surface area contributed by atoms with Gasteiger partial charge in [0.05, 0.1) is 13.2 Å². The van der Waals surface area contributed by atoms with Gasteiger partial charge in [-0.15, -0.1) is 0 Å². The van der Waals surface area contributed by atoms with Crippen LogP contribution in [0.5, 0.6) is 0 Å². The topological polar surface area (TPSA) is 60.2 Å². The lowest BCUT2D eigenvalue weighted by Crippen LogP contribution is -2.49. The van der Waals surface area contributed by atoms with Crippen LogP contribution in [0.1, 0.15) is 25.7 Å². The number of rotatable bonds is 3. The van der Waals surface area contributed by atoms with E-state index in [0.717, 1.165) is 32.4 Å². The summed E-state index contributed by atoms with van der Waals surface area (Å²) in [5.41, 5.74) is 0. The summed E-state index contributed by atoms with van der Waals surface area (Å²) in [4.78, 5) is 18.0. The normalized spacial score (nSPS) is 29.4. The number of carbonyl (C=O) groups excluding carboxylic acids is 1. The predicted molar refractivity (Wildman–Crippen MR) is 63.7 cm³/mol. The van der Waals surface area contributed by atoms with Crippen molar-refractivity contribution in [3.8, 4) is 0 Å². The van der Waals surface area contributed by atoms with Gasteiger partial charge >= 0.3 is 5.97 Å². The molecule has 0 radical (unpaired) electrons. The number of hydrogen-bond acceptors (Lipinski definition) is 5. The van der Waals surface area contributed by atoms with Crippen LogP contribution in [-0.2, 0) is 16.1 Å². The Morgan fingerprint density at radius 3 is 3.06 bits per heavy atom. The van der Waals surface area contributed by atoms with Crippen LogP contribution >= 0.6 is 0 Å². The summed E-state index contributed by atoms with van der Waals surface area (Å²) >= 11 is 0. The van der Waals surface area contributed by atoms with Gasteiger partial charge in [-0.1, -0.05) is 6.42 Å². The van der Waals surface area contributed by atoms with Gasteiger partial charge in [0.25, 0.3) is 0 Å². The van der Waals surface area contributed by atoms with Crippen LogP contribution in [0.15, 0.2) is 12.7 Å². The van der Waals surface area contributed by atoms with Crippen LogP contribution in [-0.4, -0.2) is 50.9 Å². The maximum absolute atomic E-state index is 11.7. The summed E-state index contributed by atoms with van der Waals surface area (Å²) in [5, 5.41) is 4.15. The zero-order valence-corrected chi connectivity index (χ0v) is 10.4. The molecule has 18 heavy (non-hydrogen) atoms. The summed E-state index contributed by atoms with van der Waals surface area (Å²) in [6.45, 7) is 2.36. The monoisotopic (exact) mass is 250 g/mol. The Morgan fingerprint density at radius 1 is 1.39 bits per heavy atom. The highest BCUT2D eigenvalue weighted by Gasteiger charge is 2.37. The first-order valence-corrected chi connectivity index (χ1v) is 6.59. The van der Waals surface area contributed by atoms with Gasteiger partial charge in [0.15, 0.2) is 0 Å². The second kappa shape index (κ2) is 5.06. The second-order valence-electron chi connectivity index (χ2n) is 4.98. The van der Waals surface area contributed by atoms with E-state index in [2.05, 4.69) is 15.0 Å². The van der Waals surface area contributed by atoms with E-state index in [-0.39, 0.29) is 12.0 Å². The molecule has 2 fully saturated rings. The number of cyclic esters (lactones) is 1. The van der Waals surface area contributed by atoms with Crippen molar-refractivity contribution in [3.05, 3.63) is 12.7 Å². The maximum Gasteiger partial charge on any atom is 0.323 e. The van der Waals surface area contributed by atoms with Gasteiger partial charge in [-0.2, -0.15) is 5.10 Å². The summed E-state index contributed by atoms with van der Waals surface area (Å²) in [5.74, 6) is -0.0551. The van der Waals surface area contributed by atoms with Crippen molar-refractivity contribution in [1.29, 1.82) is 0 Å². The van der Waals surface area contributed by atoms with E-state index in [1.54, 1.807) is 12.7 Å². The molecule has 2 saturated heterocycles. The van der Waals surface area contributed by atoms with Crippen LogP contribution in [0.2, 0.25) is 0 Å². The van der Waals surface area contributed by atoms with Gasteiger partial charge < -0.3 is 4.74 Å². The van der Waals surface area contributed by atoms with Gasteiger partial charge in [0, 0.05) is 12.5 Å². The molecule has 2 aliphatic rings. The molecule has 2 atom stereocenters. The quantitative estimate of drug-likeness (QED) is 0.729. The Labute approximate surface area is 106 Å². The van der Waals surface area contributed by atoms with Crippen LogP contribution in [0, 0.1) is 0 Å². The SMILES string of the molecule is O=C1OCC[C@H]1N1CCCC[C@H]1Cn1cncn1. The minimum absolute atomic E-state index is 0.0428. The Kier molecular flexibility index (Phi) is 3.27. The molecule has 0 saturated carbocycles. The first kappa shape index (κ1) is 11.6. The molecule has 2 aliphatic heterocycles. The Bertz CT molecular complexity index is 406. The zero-order chi connectivity index (χ0) is 12.4. The molecule has 0 N–H and O–H groups in total. The third-order valence-corrected chi connectivity index (χ3v) is 3.85. The fraction of sp³-hybridized carbons (Fsp3) is 0.750. The molecule has 98 valence electrons. The highest BCUT2D eigenvalue weighted by molar-refractivity contribution is 5.77. The molecule has 6 heteroatoms. The van der Waals surface area contributed by atoms with Crippen molar-refractivity contribution < 1.29 is 9.53 Å². The van der Waals surface area contributed by atoms with E-state index in [1.807, 2.05) is 4.68 Å². The molecule has 3 rings (SSSR count). The van der Waals surface area contributed by atoms with Gasteiger partial charge in [0.1, 0.15) is 18.7 Å². The molecule has 0 aromatic carbocycles. The molecule has 0 aliphatic carbocycles. The summed E-state index contributed by atoms with van der Waals surface area (Å²) in [7, 11) is 0. The van der Waals surface area contributed by atoms with Crippen LogP contribution < -0.4 is 0 Å². The van der Waals surface area contributed by atoms with E-state index in [4.69, 9.17) is 4.74 Å². The van der Waals surface area contributed by atoms with E-state index >= 15 is 0 Å². The molecule has 0 unspecified atom stereocenters. The lowest BCUT2D eigenvalue weighted by Gasteiger charge is -2.37. The molecular weight excluding hydrogens is 232 g/mol. The number of esters is 1. The van der Waals surface area contributed by atoms with Crippen molar-refractivity contribution in [1.82, 2.24) is 19.7 Å². The van der Waals surface area contributed by atoms with Gasteiger partial charge in [-0.3, -0.25) is 14.4 Å². The average molecular weight is 250 g/mol. The molecule has 0 spiro atoms. The van der Waals surface area contributed by atoms with Crippen molar-refractivity contribution >= 4 is 5.97 Å². The molecule has 3 heterocycles. The van der Waals surface area contributed by atoms with Crippen molar-refractivity contribution in [3.63, 3.8) is 0 Å². The lowest BCUT2D eigenvalue weighted by atomic mass is 9.99. The Morgan fingerprint density at radius 2 is 2.33 bits per heavy atom. The first-order valence-electron chi connectivity index (χ1n) is 6.59. The third-order valence-electron chi connectivity index (χ3n) is 3.85. The van der Waals surface area contributed by atoms with E-state index in [0.29, 0.717) is 12.6 Å². The lowest BCUT2D eigenvalue weighted by molar-refractivity contribution is -0.143. The number of ether oxygens (including phenoxy) is 1. The number of aromatic nitrogens is 3. The minimum atomic E-state index is -0.0551. The van der Waals surface area contributed by atoms with Crippen molar-refractivity contribution in [2.75, 3.05) is 13.2 Å². The molecule has 0 bridgehead atoms. The average Bonchev–Trinajstić information content (AvgIpc) is 3.02. The highest BCUT2D eigenvalue weighted by Crippen LogP contribution is 2.25. The fourth-order valence-corrected chi connectivity index (χ4v) is 2.96. The minimum Gasteiger partial charge on any atom is -0.464 e.